The molecule has 3 rings (SSSR count). The first-order chi connectivity index (χ1) is 9.74. The number of hydrogen-bond acceptors (Lipinski definition) is 2. The van der Waals surface area contributed by atoms with Crippen LogP contribution in [0.5, 0.6) is 0 Å². The van der Waals surface area contributed by atoms with Crippen molar-refractivity contribution in [2.75, 3.05) is 13.1 Å². The van der Waals surface area contributed by atoms with Crippen molar-refractivity contribution in [2.45, 2.75) is 24.9 Å². The first kappa shape index (κ1) is 12.9. The van der Waals surface area contributed by atoms with Gasteiger partial charge in [0.25, 0.3) is 5.91 Å². The van der Waals surface area contributed by atoms with E-state index in [-0.39, 0.29) is 17.9 Å². The summed E-state index contributed by atoms with van der Waals surface area (Å²) in [6.07, 6.45) is 3.37. The first-order valence-electron chi connectivity index (χ1n) is 7.01. The molecule has 0 bridgehead atoms. The maximum absolute atomic E-state index is 12.7. The summed E-state index contributed by atoms with van der Waals surface area (Å²) >= 11 is 0. The van der Waals surface area contributed by atoms with E-state index < -0.39 is 6.04 Å². The number of fused-ring (bicyclic) bond motifs is 1. The van der Waals surface area contributed by atoms with Gasteiger partial charge in [0.05, 0.1) is 0 Å². The highest BCUT2D eigenvalue weighted by atomic mass is 16.2. The number of hydrogen-bond donors (Lipinski definition) is 0. The number of rotatable bonds is 3. The van der Waals surface area contributed by atoms with Gasteiger partial charge in [-0.1, -0.05) is 36.4 Å². The van der Waals surface area contributed by atoms with Crippen molar-refractivity contribution in [3.05, 3.63) is 48.6 Å². The summed E-state index contributed by atoms with van der Waals surface area (Å²) in [6, 6.07) is 8.75. The third-order valence-corrected chi connectivity index (χ3v) is 4.09. The monoisotopic (exact) mass is 270 g/mol. The Hall–Kier alpha value is -2.10. The van der Waals surface area contributed by atoms with Crippen LogP contribution in [-0.4, -0.2) is 40.7 Å². The second-order valence-electron chi connectivity index (χ2n) is 5.28. The van der Waals surface area contributed by atoms with E-state index in [0.717, 1.165) is 18.4 Å². The normalized spacial score (nSPS) is 25.8. The highest BCUT2D eigenvalue weighted by Gasteiger charge is 2.47. The maximum Gasteiger partial charge on any atom is 0.250 e. The highest BCUT2D eigenvalue weighted by molar-refractivity contribution is 5.98. The smallest absolute Gasteiger partial charge is 0.250 e. The van der Waals surface area contributed by atoms with Crippen LogP contribution < -0.4 is 0 Å². The number of piperazine rings is 1. The van der Waals surface area contributed by atoms with Crippen molar-refractivity contribution in [1.82, 2.24) is 9.80 Å². The molecule has 0 aliphatic carbocycles. The van der Waals surface area contributed by atoms with E-state index in [1.165, 1.54) is 0 Å². The molecule has 2 atom stereocenters. The maximum atomic E-state index is 12.7. The second-order valence-corrected chi connectivity index (χ2v) is 5.28. The van der Waals surface area contributed by atoms with Gasteiger partial charge in [0.15, 0.2) is 0 Å². The lowest BCUT2D eigenvalue weighted by molar-refractivity contribution is -0.159. The largest absolute Gasteiger partial charge is 0.329 e. The summed E-state index contributed by atoms with van der Waals surface area (Å²) in [5, 5.41) is 0. The number of amides is 2. The fraction of sp³-hybridized carbons (Fsp3) is 0.375. The van der Waals surface area contributed by atoms with Crippen molar-refractivity contribution in [3.8, 4) is 0 Å². The number of carbonyl (C=O) groups is 2. The van der Waals surface area contributed by atoms with Crippen LogP contribution in [0.4, 0.5) is 0 Å². The zero-order valence-corrected chi connectivity index (χ0v) is 11.4. The second kappa shape index (κ2) is 5.12. The molecule has 1 aromatic rings. The van der Waals surface area contributed by atoms with Gasteiger partial charge in [-0.2, -0.15) is 0 Å². The predicted molar refractivity (Wildman–Crippen MR) is 75.8 cm³/mol. The van der Waals surface area contributed by atoms with Crippen LogP contribution in [0, 0.1) is 0 Å². The third kappa shape index (κ3) is 1.92. The van der Waals surface area contributed by atoms with Crippen LogP contribution in [0.3, 0.4) is 0 Å². The van der Waals surface area contributed by atoms with Crippen molar-refractivity contribution in [2.24, 2.45) is 0 Å². The first-order valence-corrected chi connectivity index (χ1v) is 7.01. The molecule has 2 aliphatic heterocycles. The van der Waals surface area contributed by atoms with Gasteiger partial charge in [0, 0.05) is 13.1 Å². The third-order valence-electron chi connectivity index (χ3n) is 4.09. The quantitative estimate of drug-likeness (QED) is 0.785. The molecule has 2 amide bonds. The van der Waals surface area contributed by atoms with Crippen LogP contribution in [-0.2, 0) is 9.59 Å². The molecule has 0 aromatic heterocycles. The molecular formula is C16H18N2O2. The van der Waals surface area contributed by atoms with E-state index >= 15 is 0 Å². The molecule has 0 radical (unpaired) electrons. The van der Waals surface area contributed by atoms with E-state index in [4.69, 9.17) is 0 Å². The molecule has 0 N–H and O–H groups in total. The molecule has 2 saturated heterocycles. The predicted octanol–water partition coefficient (Wildman–Crippen LogP) is 1.75. The molecule has 2 heterocycles. The fourth-order valence-corrected chi connectivity index (χ4v) is 3.19. The van der Waals surface area contributed by atoms with Crippen LogP contribution >= 0.6 is 0 Å². The Kier molecular flexibility index (Phi) is 3.30. The van der Waals surface area contributed by atoms with Gasteiger partial charge in [-0.05, 0) is 18.4 Å². The number of nitrogens with zero attached hydrogens (tertiary/aromatic N) is 2. The standard InChI is InChI=1S/C16H18N2O2/c1-2-10-18-14(12-7-4-3-5-8-12)16(20)17-11-6-9-13(17)15(18)19/h2-5,7-8,13-14H,1,6,9-11H2. The topological polar surface area (TPSA) is 40.6 Å². The zero-order valence-electron chi connectivity index (χ0n) is 11.4. The Labute approximate surface area is 118 Å². The highest BCUT2D eigenvalue weighted by Crippen LogP contribution is 2.34. The summed E-state index contributed by atoms with van der Waals surface area (Å²) in [6.45, 7) is 4.82. The van der Waals surface area contributed by atoms with Gasteiger partial charge in [-0.25, -0.2) is 0 Å². The Morgan fingerprint density at radius 1 is 1.20 bits per heavy atom. The SMILES string of the molecule is C=CCN1C(=O)C2CCCN2C(=O)C1c1ccccc1. The van der Waals surface area contributed by atoms with Gasteiger partial charge < -0.3 is 9.80 Å². The Morgan fingerprint density at radius 3 is 2.65 bits per heavy atom. The molecule has 2 fully saturated rings. The number of carbonyl (C=O) groups excluding carboxylic acids is 2. The summed E-state index contributed by atoms with van der Waals surface area (Å²) in [4.78, 5) is 28.8. The van der Waals surface area contributed by atoms with Gasteiger partial charge >= 0.3 is 0 Å². The molecule has 4 heteroatoms. The molecule has 2 aliphatic rings. The minimum absolute atomic E-state index is 0.0418. The van der Waals surface area contributed by atoms with Gasteiger partial charge in [0.2, 0.25) is 5.91 Å². The molecule has 2 unspecified atom stereocenters. The zero-order chi connectivity index (χ0) is 14.1. The summed E-state index contributed by atoms with van der Waals surface area (Å²) < 4.78 is 0. The van der Waals surface area contributed by atoms with Gasteiger partial charge in [-0.15, -0.1) is 6.58 Å². The molecular weight excluding hydrogens is 252 g/mol. The van der Waals surface area contributed by atoms with Crippen LogP contribution in [0.25, 0.3) is 0 Å². The van der Waals surface area contributed by atoms with Crippen molar-refractivity contribution < 1.29 is 9.59 Å². The lowest BCUT2D eigenvalue weighted by Gasteiger charge is -2.42. The van der Waals surface area contributed by atoms with Crippen LogP contribution in [0.2, 0.25) is 0 Å². The molecule has 1 aromatic carbocycles. The van der Waals surface area contributed by atoms with Crippen LogP contribution in [0.1, 0.15) is 24.4 Å². The number of benzene rings is 1. The van der Waals surface area contributed by atoms with Crippen molar-refractivity contribution >= 4 is 11.8 Å². The molecule has 0 saturated carbocycles. The lowest BCUT2D eigenvalue weighted by Crippen LogP contribution is -2.58. The molecule has 4 nitrogen and oxygen atoms in total. The minimum atomic E-state index is -0.504. The summed E-state index contributed by atoms with van der Waals surface area (Å²) in [5.74, 6) is 0.0935. The fourth-order valence-electron chi connectivity index (χ4n) is 3.19. The van der Waals surface area contributed by atoms with Gasteiger partial charge in [0.1, 0.15) is 12.1 Å². The van der Waals surface area contributed by atoms with Crippen molar-refractivity contribution in [3.63, 3.8) is 0 Å². The minimum Gasteiger partial charge on any atom is -0.329 e. The average molecular weight is 270 g/mol. The Balaban J connectivity index is 2.01. The Morgan fingerprint density at radius 2 is 1.95 bits per heavy atom. The van der Waals surface area contributed by atoms with E-state index in [9.17, 15) is 9.59 Å². The average Bonchev–Trinajstić information content (AvgIpc) is 2.96. The Bertz CT molecular complexity index is 541. The van der Waals surface area contributed by atoms with E-state index in [1.807, 2.05) is 30.3 Å². The lowest BCUT2D eigenvalue weighted by atomic mass is 9.98. The van der Waals surface area contributed by atoms with Crippen LogP contribution in [0.15, 0.2) is 43.0 Å². The van der Waals surface area contributed by atoms with E-state index in [1.54, 1.807) is 15.9 Å². The van der Waals surface area contributed by atoms with E-state index in [2.05, 4.69) is 6.58 Å². The summed E-state index contributed by atoms with van der Waals surface area (Å²) in [7, 11) is 0. The molecule has 104 valence electrons. The van der Waals surface area contributed by atoms with Crippen molar-refractivity contribution in [1.29, 1.82) is 0 Å². The summed E-state index contributed by atoms with van der Waals surface area (Å²) in [5.41, 5.74) is 0.873. The van der Waals surface area contributed by atoms with Gasteiger partial charge in [-0.3, -0.25) is 9.59 Å². The molecule has 0 spiro atoms. The van der Waals surface area contributed by atoms with E-state index in [0.29, 0.717) is 13.1 Å². The molecule has 20 heavy (non-hydrogen) atoms.